The van der Waals surface area contributed by atoms with Crippen LogP contribution in [0.5, 0.6) is 11.5 Å². The Bertz CT molecular complexity index is 890. The first-order valence-corrected chi connectivity index (χ1v) is 8.42. The van der Waals surface area contributed by atoms with Crippen LogP contribution in [0.1, 0.15) is 12.5 Å². The van der Waals surface area contributed by atoms with Gasteiger partial charge in [-0.15, -0.1) is 0 Å². The second-order valence-electron chi connectivity index (χ2n) is 5.45. The summed E-state index contributed by atoms with van der Waals surface area (Å²) in [6, 6.07) is 12.9. The van der Waals surface area contributed by atoms with E-state index in [1.54, 1.807) is 26.4 Å². The molecule has 0 atom stereocenters. The molecule has 0 saturated heterocycles. The fourth-order valence-corrected chi connectivity index (χ4v) is 2.95. The molecule has 0 aliphatic carbocycles. The van der Waals surface area contributed by atoms with Crippen LogP contribution >= 0.6 is 15.9 Å². The van der Waals surface area contributed by atoms with Crippen LogP contribution in [0.15, 0.2) is 57.6 Å². The molecule has 2 aromatic rings. The number of ether oxygens (including phenoxy) is 2. The number of hydrogen-bond acceptors (Lipinski definition) is 4. The highest BCUT2D eigenvalue weighted by Gasteiger charge is 2.29. The molecule has 0 N–H and O–H groups in total. The summed E-state index contributed by atoms with van der Waals surface area (Å²) in [6.45, 7) is 1.82. The van der Waals surface area contributed by atoms with Gasteiger partial charge in [0.1, 0.15) is 11.5 Å². The van der Waals surface area contributed by atoms with E-state index in [0.717, 1.165) is 10.0 Å². The first-order chi connectivity index (χ1) is 12.0. The predicted molar refractivity (Wildman–Crippen MR) is 102 cm³/mol. The monoisotopic (exact) mass is 400 g/mol. The maximum Gasteiger partial charge on any atom is 0.280 e. The summed E-state index contributed by atoms with van der Waals surface area (Å²) in [6.07, 6.45) is 1.79. The third-order valence-corrected chi connectivity index (χ3v) is 4.35. The Balaban J connectivity index is 1.98. The summed E-state index contributed by atoms with van der Waals surface area (Å²) in [4.78, 5) is 12.8. The maximum atomic E-state index is 12.8. The first-order valence-electron chi connectivity index (χ1n) is 7.63. The van der Waals surface area contributed by atoms with Crippen molar-refractivity contribution in [1.82, 2.24) is 0 Å². The van der Waals surface area contributed by atoms with Crippen molar-refractivity contribution < 1.29 is 14.3 Å². The number of amides is 1. The van der Waals surface area contributed by atoms with Gasteiger partial charge in [0.25, 0.3) is 5.91 Å². The topological polar surface area (TPSA) is 51.1 Å². The molecule has 25 heavy (non-hydrogen) atoms. The molecule has 0 bridgehead atoms. The van der Waals surface area contributed by atoms with Gasteiger partial charge in [0.15, 0.2) is 0 Å². The number of carbonyl (C=O) groups excluding carboxylic acids is 1. The molecule has 1 aliphatic rings. The molecule has 2 aromatic carbocycles. The first kappa shape index (κ1) is 17.2. The Morgan fingerprint density at radius 1 is 1.12 bits per heavy atom. The molecule has 6 heteroatoms. The molecule has 0 spiro atoms. The maximum absolute atomic E-state index is 12.8. The number of hydrogen-bond donors (Lipinski definition) is 0. The average Bonchev–Trinajstić information content (AvgIpc) is 2.90. The van der Waals surface area contributed by atoms with E-state index in [1.165, 1.54) is 5.01 Å². The van der Waals surface area contributed by atoms with E-state index in [2.05, 4.69) is 21.0 Å². The van der Waals surface area contributed by atoms with Crippen molar-refractivity contribution in [3.8, 4) is 11.5 Å². The fraction of sp³-hybridized carbons (Fsp3) is 0.158. The predicted octanol–water partition coefficient (Wildman–Crippen LogP) is 4.27. The molecule has 0 unspecified atom stereocenters. The van der Waals surface area contributed by atoms with Gasteiger partial charge in [0.2, 0.25) is 0 Å². The lowest BCUT2D eigenvalue weighted by molar-refractivity contribution is -0.114. The van der Waals surface area contributed by atoms with Crippen LogP contribution in [-0.4, -0.2) is 25.8 Å². The van der Waals surface area contributed by atoms with Gasteiger partial charge >= 0.3 is 0 Å². The molecular formula is C19H17BrN2O3. The van der Waals surface area contributed by atoms with E-state index < -0.39 is 0 Å². The molecule has 1 aliphatic heterocycles. The standard InChI is InChI=1S/C19H17BrN2O3/c1-12-17(9-13-7-8-16(24-2)11-18(13)25-3)19(23)22(21-12)15-6-4-5-14(20)10-15/h4-11H,1-3H3/b17-9-. The van der Waals surface area contributed by atoms with Crippen molar-refractivity contribution in [2.24, 2.45) is 5.10 Å². The second kappa shape index (κ2) is 7.11. The van der Waals surface area contributed by atoms with E-state index in [-0.39, 0.29) is 5.91 Å². The van der Waals surface area contributed by atoms with Gasteiger partial charge in [-0.3, -0.25) is 4.79 Å². The molecule has 3 rings (SSSR count). The van der Waals surface area contributed by atoms with Gasteiger partial charge in [-0.2, -0.15) is 10.1 Å². The number of benzene rings is 2. The highest BCUT2D eigenvalue weighted by atomic mass is 79.9. The largest absolute Gasteiger partial charge is 0.497 e. The number of rotatable bonds is 4. The van der Waals surface area contributed by atoms with Gasteiger partial charge in [-0.05, 0) is 43.3 Å². The summed E-state index contributed by atoms with van der Waals surface area (Å²) in [5.74, 6) is 1.15. The Morgan fingerprint density at radius 3 is 2.60 bits per heavy atom. The lowest BCUT2D eigenvalue weighted by atomic mass is 10.1. The third-order valence-electron chi connectivity index (χ3n) is 3.86. The summed E-state index contributed by atoms with van der Waals surface area (Å²) in [5.41, 5.74) is 2.69. The quantitative estimate of drug-likeness (QED) is 0.719. The number of carbonyl (C=O) groups is 1. The SMILES string of the molecule is COc1ccc(/C=C2\C(=O)N(c3cccc(Br)c3)N=C2C)c(OC)c1. The molecule has 1 heterocycles. The minimum absolute atomic E-state index is 0.173. The van der Waals surface area contributed by atoms with Gasteiger partial charge in [-0.1, -0.05) is 22.0 Å². The van der Waals surface area contributed by atoms with Crippen molar-refractivity contribution in [3.63, 3.8) is 0 Å². The van der Waals surface area contributed by atoms with Crippen LogP contribution in [0.4, 0.5) is 5.69 Å². The molecule has 1 amide bonds. The Labute approximate surface area is 154 Å². The van der Waals surface area contributed by atoms with E-state index in [0.29, 0.717) is 28.5 Å². The molecule has 0 fully saturated rings. The minimum Gasteiger partial charge on any atom is -0.497 e. The molecule has 0 radical (unpaired) electrons. The Morgan fingerprint density at radius 2 is 1.92 bits per heavy atom. The van der Waals surface area contributed by atoms with Crippen LogP contribution in [0.3, 0.4) is 0 Å². The summed E-state index contributed by atoms with van der Waals surface area (Å²) < 4.78 is 11.5. The Kier molecular flexibility index (Phi) is 4.90. The van der Waals surface area contributed by atoms with Gasteiger partial charge in [-0.25, -0.2) is 0 Å². The third kappa shape index (κ3) is 3.44. The Hall–Kier alpha value is -2.60. The molecule has 5 nitrogen and oxygen atoms in total. The summed E-state index contributed by atoms with van der Waals surface area (Å²) in [5, 5.41) is 5.80. The van der Waals surface area contributed by atoms with Crippen LogP contribution in [0.2, 0.25) is 0 Å². The van der Waals surface area contributed by atoms with Crippen LogP contribution in [0.25, 0.3) is 6.08 Å². The van der Waals surface area contributed by atoms with Gasteiger partial charge < -0.3 is 9.47 Å². The van der Waals surface area contributed by atoms with E-state index in [1.807, 2.05) is 43.3 Å². The lowest BCUT2D eigenvalue weighted by Crippen LogP contribution is -2.21. The number of nitrogens with zero attached hydrogens (tertiary/aromatic N) is 2. The van der Waals surface area contributed by atoms with Crippen LogP contribution in [0, 0.1) is 0 Å². The van der Waals surface area contributed by atoms with Crippen molar-refractivity contribution in [2.75, 3.05) is 19.2 Å². The van der Waals surface area contributed by atoms with Crippen molar-refractivity contribution in [3.05, 3.63) is 58.1 Å². The van der Waals surface area contributed by atoms with Crippen molar-refractivity contribution in [2.45, 2.75) is 6.92 Å². The molecule has 0 aromatic heterocycles. The van der Waals surface area contributed by atoms with Crippen LogP contribution in [-0.2, 0) is 4.79 Å². The van der Waals surface area contributed by atoms with Crippen LogP contribution < -0.4 is 14.5 Å². The number of hydrazone groups is 1. The number of methoxy groups -OCH3 is 2. The lowest BCUT2D eigenvalue weighted by Gasteiger charge is -2.12. The van der Waals surface area contributed by atoms with Crippen molar-refractivity contribution in [1.29, 1.82) is 0 Å². The smallest absolute Gasteiger partial charge is 0.280 e. The fourth-order valence-electron chi connectivity index (χ4n) is 2.56. The molecule has 0 saturated carbocycles. The van der Waals surface area contributed by atoms with Crippen molar-refractivity contribution >= 4 is 39.3 Å². The minimum atomic E-state index is -0.173. The molecule has 128 valence electrons. The normalized spacial score (nSPS) is 15.5. The zero-order chi connectivity index (χ0) is 18.0. The zero-order valence-corrected chi connectivity index (χ0v) is 15.7. The highest BCUT2D eigenvalue weighted by Crippen LogP contribution is 2.30. The average molecular weight is 401 g/mol. The number of halogens is 1. The summed E-state index contributed by atoms with van der Waals surface area (Å²) in [7, 11) is 3.18. The number of anilines is 1. The van der Waals surface area contributed by atoms with Gasteiger partial charge in [0.05, 0.1) is 31.2 Å². The van der Waals surface area contributed by atoms with E-state index >= 15 is 0 Å². The van der Waals surface area contributed by atoms with E-state index in [4.69, 9.17) is 9.47 Å². The highest BCUT2D eigenvalue weighted by molar-refractivity contribution is 9.10. The second-order valence-corrected chi connectivity index (χ2v) is 6.36. The molecular weight excluding hydrogens is 384 g/mol. The van der Waals surface area contributed by atoms with E-state index in [9.17, 15) is 4.79 Å². The van der Waals surface area contributed by atoms with Gasteiger partial charge in [0, 0.05) is 16.1 Å². The summed E-state index contributed by atoms with van der Waals surface area (Å²) >= 11 is 3.42. The zero-order valence-electron chi connectivity index (χ0n) is 14.1.